The first kappa shape index (κ1) is 16.8. The summed E-state index contributed by atoms with van der Waals surface area (Å²) in [6.07, 6.45) is 0.831. The molecule has 0 spiro atoms. The van der Waals surface area contributed by atoms with Crippen LogP contribution in [0, 0.1) is 0 Å². The monoisotopic (exact) mass is 332 g/mol. The summed E-state index contributed by atoms with van der Waals surface area (Å²) in [5.74, 6) is 0.882. The number of nitrogens with one attached hydrogen (secondary N) is 1. The third-order valence-electron chi connectivity index (χ3n) is 3.01. The van der Waals surface area contributed by atoms with E-state index >= 15 is 0 Å². The third-order valence-corrected chi connectivity index (χ3v) is 3.27. The minimum Gasteiger partial charge on any atom is -0.496 e. The summed E-state index contributed by atoms with van der Waals surface area (Å²) < 4.78 is 10.7. The van der Waals surface area contributed by atoms with Gasteiger partial charge in [0.25, 0.3) is 5.91 Å². The molecular weight excluding hydrogens is 316 g/mol. The zero-order valence-electron chi connectivity index (χ0n) is 12.8. The first-order valence-electron chi connectivity index (χ1n) is 6.98. The molecule has 2 aromatic carbocycles. The number of carbonyl (C=O) groups is 1. The van der Waals surface area contributed by atoms with Crippen molar-refractivity contribution in [3.8, 4) is 11.5 Å². The number of methoxy groups -OCH3 is 1. The minimum absolute atomic E-state index is 0.355. The van der Waals surface area contributed by atoms with Crippen molar-refractivity contribution in [3.05, 3.63) is 59.1 Å². The normalized spacial score (nSPS) is 12.0. The number of hydrogen-bond acceptors (Lipinski definition) is 4. The van der Waals surface area contributed by atoms with Crippen LogP contribution in [0.15, 0.2) is 53.6 Å². The summed E-state index contributed by atoms with van der Waals surface area (Å²) in [5.41, 5.74) is 3.20. The molecule has 1 N–H and O–H groups in total. The Labute approximate surface area is 139 Å². The molecule has 0 aliphatic carbocycles. The summed E-state index contributed by atoms with van der Waals surface area (Å²) in [6.45, 7) is 1.64. The highest BCUT2D eigenvalue weighted by Crippen LogP contribution is 2.17. The minimum atomic E-state index is -0.689. The lowest BCUT2D eigenvalue weighted by Gasteiger charge is -2.12. The number of nitrogens with zero attached hydrogens (tertiary/aromatic N) is 1. The molecule has 0 heterocycles. The number of amides is 1. The van der Waals surface area contributed by atoms with Gasteiger partial charge >= 0.3 is 0 Å². The second-order valence-electron chi connectivity index (χ2n) is 4.69. The number of benzene rings is 2. The van der Waals surface area contributed by atoms with Crippen molar-refractivity contribution in [2.24, 2.45) is 5.10 Å². The van der Waals surface area contributed by atoms with Gasteiger partial charge in [-0.25, -0.2) is 5.43 Å². The highest BCUT2D eigenvalue weighted by atomic mass is 35.5. The van der Waals surface area contributed by atoms with E-state index in [2.05, 4.69) is 10.5 Å². The summed E-state index contributed by atoms with van der Waals surface area (Å²) in [5, 5.41) is 4.53. The Bertz CT molecular complexity index is 686. The van der Waals surface area contributed by atoms with E-state index in [4.69, 9.17) is 21.1 Å². The number of rotatable bonds is 6. The van der Waals surface area contributed by atoms with Crippen molar-refractivity contribution in [3.63, 3.8) is 0 Å². The van der Waals surface area contributed by atoms with Gasteiger partial charge in [-0.3, -0.25) is 4.79 Å². The van der Waals surface area contributed by atoms with Gasteiger partial charge in [-0.05, 0) is 43.3 Å². The van der Waals surface area contributed by atoms with E-state index in [1.807, 2.05) is 24.3 Å². The van der Waals surface area contributed by atoms with Gasteiger partial charge < -0.3 is 9.47 Å². The van der Waals surface area contributed by atoms with Crippen molar-refractivity contribution >= 4 is 23.7 Å². The number of hydrazone groups is 1. The van der Waals surface area contributed by atoms with E-state index in [-0.39, 0.29) is 5.91 Å². The van der Waals surface area contributed by atoms with Crippen molar-refractivity contribution in [2.45, 2.75) is 13.0 Å². The predicted octanol–water partition coefficient (Wildman–Crippen LogP) is 3.27. The molecule has 0 fully saturated rings. The van der Waals surface area contributed by atoms with E-state index < -0.39 is 6.10 Å². The van der Waals surface area contributed by atoms with Crippen molar-refractivity contribution in [2.75, 3.05) is 7.11 Å². The Balaban J connectivity index is 1.90. The molecule has 6 heteroatoms. The van der Waals surface area contributed by atoms with E-state index in [0.717, 1.165) is 5.56 Å². The van der Waals surface area contributed by atoms with E-state index in [9.17, 15) is 4.79 Å². The molecule has 1 atom stereocenters. The Kier molecular flexibility index (Phi) is 6.00. The van der Waals surface area contributed by atoms with Crippen LogP contribution in [-0.4, -0.2) is 25.3 Å². The molecule has 23 heavy (non-hydrogen) atoms. The first-order valence-corrected chi connectivity index (χ1v) is 7.36. The maximum atomic E-state index is 12.0. The molecule has 2 rings (SSSR count). The second-order valence-corrected chi connectivity index (χ2v) is 5.13. The van der Waals surface area contributed by atoms with Gasteiger partial charge in [0.15, 0.2) is 6.10 Å². The van der Waals surface area contributed by atoms with E-state index in [0.29, 0.717) is 16.5 Å². The first-order chi connectivity index (χ1) is 11.1. The van der Waals surface area contributed by atoms with Gasteiger partial charge in [-0.15, -0.1) is 0 Å². The van der Waals surface area contributed by atoms with E-state index in [1.165, 1.54) is 6.21 Å². The quantitative estimate of drug-likeness (QED) is 0.652. The third kappa shape index (κ3) is 5.00. The zero-order chi connectivity index (χ0) is 16.7. The largest absolute Gasteiger partial charge is 0.496 e. The maximum Gasteiger partial charge on any atom is 0.280 e. The Morgan fingerprint density at radius 3 is 2.61 bits per heavy atom. The van der Waals surface area contributed by atoms with Gasteiger partial charge in [0.05, 0.1) is 13.3 Å². The SMILES string of the molecule is COc1ccccc1/C=N\NC(=O)[C@@H](C)Oc1ccc(Cl)cc1. The average molecular weight is 333 g/mol. The fourth-order valence-electron chi connectivity index (χ4n) is 1.80. The lowest BCUT2D eigenvalue weighted by molar-refractivity contribution is -0.127. The molecular formula is C17H17ClN2O3. The van der Waals surface area contributed by atoms with Crippen LogP contribution in [0.2, 0.25) is 5.02 Å². The van der Waals surface area contributed by atoms with E-state index in [1.54, 1.807) is 38.3 Å². The van der Waals surface area contributed by atoms with Gasteiger partial charge in [0, 0.05) is 10.6 Å². The molecule has 5 nitrogen and oxygen atoms in total. The van der Waals surface area contributed by atoms with Gasteiger partial charge in [-0.1, -0.05) is 23.7 Å². The van der Waals surface area contributed by atoms with Crippen LogP contribution < -0.4 is 14.9 Å². The van der Waals surface area contributed by atoms with Gasteiger partial charge in [0.1, 0.15) is 11.5 Å². The number of carbonyl (C=O) groups excluding carboxylic acids is 1. The highest BCUT2D eigenvalue weighted by molar-refractivity contribution is 6.30. The van der Waals surface area contributed by atoms with Crippen molar-refractivity contribution in [1.29, 1.82) is 0 Å². The predicted molar refractivity (Wildman–Crippen MR) is 90.3 cm³/mol. The molecule has 120 valence electrons. The topological polar surface area (TPSA) is 59.9 Å². The number of halogens is 1. The summed E-state index contributed by atoms with van der Waals surface area (Å²) >= 11 is 5.80. The van der Waals surface area contributed by atoms with Crippen LogP contribution in [-0.2, 0) is 4.79 Å². The molecule has 0 aromatic heterocycles. The number of hydrogen-bond donors (Lipinski definition) is 1. The standard InChI is InChI=1S/C17H17ClN2O3/c1-12(23-15-9-7-14(18)8-10-15)17(21)20-19-11-13-5-3-4-6-16(13)22-2/h3-12H,1-2H3,(H,20,21)/b19-11-/t12-/m1/s1. The zero-order valence-corrected chi connectivity index (χ0v) is 13.6. The lowest BCUT2D eigenvalue weighted by atomic mass is 10.2. The van der Waals surface area contributed by atoms with Crippen LogP contribution in [0.4, 0.5) is 0 Å². The molecule has 1 amide bonds. The Morgan fingerprint density at radius 1 is 1.22 bits per heavy atom. The van der Waals surface area contributed by atoms with Gasteiger partial charge in [-0.2, -0.15) is 5.10 Å². The summed E-state index contributed by atoms with van der Waals surface area (Å²) in [7, 11) is 1.58. The molecule has 0 aliphatic heterocycles. The van der Waals surface area contributed by atoms with Crippen LogP contribution in [0.5, 0.6) is 11.5 Å². The molecule has 0 unspecified atom stereocenters. The molecule has 0 radical (unpaired) electrons. The van der Waals surface area contributed by atoms with Crippen LogP contribution >= 0.6 is 11.6 Å². The Hall–Kier alpha value is -2.53. The summed E-state index contributed by atoms with van der Waals surface area (Å²) in [6, 6.07) is 14.2. The molecule has 2 aromatic rings. The summed E-state index contributed by atoms with van der Waals surface area (Å²) in [4.78, 5) is 12.0. The molecule has 0 saturated carbocycles. The maximum absolute atomic E-state index is 12.0. The fraction of sp³-hybridized carbons (Fsp3) is 0.176. The average Bonchev–Trinajstić information content (AvgIpc) is 2.57. The number of para-hydroxylation sites is 1. The smallest absolute Gasteiger partial charge is 0.280 e. The molecule has 0 saturated heterocycles. The van der Waals surface area contributed by atoms with Crippen LogP contribution in [0.25, 0.3) is 0 Å². The van der Waals surface area contributed by atoms with Crippen molar-refractivity contribution in [1.82, 2.24) is 5.43 Å². The van der Waals surface area contributed by atoms with Crippen LogP contribution in [0.3, 0.4) is 0 Å². The highest BCUT2D eigenvalue weighted by Gasteiger charge is 2.13. The van der Waals surface area contributed by atoms with Crippen LogP contribution in [0.1, 0.15) is 12.5 Å². The fourth-order valence-corrected chi connectivity index (χ4v) is 1.93. The second kappa shape index (κ2) is 8.19. The Morgan fingerprint density at radius 2 is 1.91 bits per heavy atom. The molecule has 0 aliphatic rings. The molecule has 0 bridgehead atoms. The number of ether oxygens (including phenoxy) is 2. The lowest BCUT2D eigenvalue weighted by Crippen LogP contribution is -2.33. The van der Waals surface area contributed by atoms with Gasteiger partial charge in [0.2, 0.25) is 0 Å². The van der Waals surface area contributed by atoms with Crippen molar-refractivity contribution < 1.29 is 14.3 Å².